The Balaban J connectivity index is 1.26. The van der Waals surface area contributed by atoms with Gasteiger partial charge in [0.25, 0.3) is 5.56 Å². The molecule has 3 heterocycles. The van der Waals surface area contributed by atoms with E-state index in [0.29, 0.717) is 6.54 Å². The van der Waals surface area contributed by atoms with Gasteiger partial charge >= 0.3 is 0 Å². The summed E-state index contributed by atoms with van der Waals surface area (Å²) in [4.78, 5) is 20.5. The summed E-state index contributed by atoms with van der Waals surface area (Å²) in [6, 6.07) is 17.4. The highest BCUT2D eigenvalue weighted by molar-refractivity contribution is 5.79. The van der Waals surface area contributed by atoms with Crippen molar-refractivity contribution in [1.29, 1.82) is 0 Å². The molecule has 2 saturated heterocycles. The van der Waals surface area contributed by atoms with Crippen molar-refractivity contribution in [2.45, 2.75) is 32.4 Å². The first kappa shape index (κ1) is 18.3. The van der Waals surface area contributed by atoms with Crippen LogP contribution in [-0.2, 0) is 6.54 Å². The fourth-order valence-corrected chi connectivity index (χ4v) is 4.72. The van der Waals surface area contributed by atoms with Crippen molar-refractivity contribution in [2.24, 2.45) is 0 Å². The summed E-state index contributed by atoms with van der Waals surface area (Å²) in [5.74, 6) is 0. The average Bonchev–Trinajstić information content (AvgIpc) is 3.21. The molecule has 3 aromatic rings. The number of aryl methyl sites for hydroxylation is 1. The standard InChI is InChI=1S/C24H28N4O/c1-17-4-9-23-18(13-17)14-19(24(29)26-23)15-25-20-5-7-21(8-6-20)28-12-11-27-10-2-3-22(27)16-28/h4-9,13-14,22,25H,2-3,10-12,15-16H2,1H3,(H,26,29)/t22-/m0/s1. The van der Waals surface area contributed by atoms with Crippen molar-refractivity contribution >= 4 is 22.3 Å². The maximum atomic E-state index is 12.4. The van der Waals surface area contributed by atoms with E-state index in [1.807, 2.05) is 18.2 Å². The van der Waals surface area contributed by atoms with Gasteiger partial charge in [0.1, 0.15) is 0 Å². The van der Waals surface area contributed by atoms with E-state index in [1.54, 1.807) is 0 Å². The number of rotatable bonds is 4. The highest BCUT2D eigenvalue weighted by atomic mass is 16.1. The van der Waals surface area contributed by atoms with E-state index in [-0.39, 0.29) is 5.56 Å². The topological polar surface area (TPSA) is 51.4 Å². The Labute approximate surface area is 171 Å². The quantitative estimate of drug-likeness (QED) is 0.715. The normalized spacial score (nSPS) is 19.5. The van der Waals surface area contributed by atoms with Crippen LogP contribution in [0, 0.1) is 6.92 Å². The van der Waals surface area contributed by atoms with Gasteiger partial charge in [0.15, 0.2) is 0 Å². The molecular weight excluding hydrogens is 360 g/mol. The third-order valence-corrected chi connectivity index (χ3v) is 6.38. The highest BCUT2D eigenvalue weighted by Gasteiger charge is 2.30. The third kappa shape index (κ3) is 3.75. The molecular formula is C24H28N4O. The zero-order valence-corrected chi connectivity index (χ0v) is 16.9. The molecule has 5 nitrogen and oxygen atoms in total. The number of hydrogen-bond donors (Lipinski definition) is 2. The summed E-state index contributed by atoms with van der Waals surface area (Å²) >= 11 is 0. The molecule has 0 amide bonds. The molecule has 2 N–H and O–H groups in total. The second-order valence-electron chi connectivity index (χ2n) is 8.39. The number of aromatic nitrogens is 1. The minimum absolute atomic E-state index is 0.0279. The molecule has 2 aromatic carbocycles. The third-order valence-electron chi connectivity index (χ3n) is 6.38. The van der Waals surface area contributed by atoms with Gasteiger partial charge < -0.3 is 15.2 Å². The van der Waals surface area contributed by atoms with Crippen LogP contribution < -0.4 is 15.8 Å². The van der Waals surface area contributed by atoms with Gasteiger partial charge in [-0.2, -0.15) is 0 Å². The molecule has 0 saturated carbocycles. The van der Waals surface area contributed by atoms with Gasteiger partial charge in [0, 0.05) is 54.7 Å². The van der Waals surface area contributed by atoms with Crippen LogP contribution in [0.25, 0.3) is 10.9 Å². The van der Waals surface area contributed by atoms with Crippen LogP contribution in [0.15, 0.2) is 53.3 Å². The second-order valence-corrected chi connectivity index (χ2v) is 8.39. The first-order valence-corrected chi connectivity index (χ1v) is 10.6. The van der Waals surface area contributed by atoms with E-state index >= 15 is 0 Å². The average molecular weight is 389 g/mol. The molecule has 29 heavy (non-hydrogen) atoms. The van der Waals surface area contributed by atoms with Crippen LogP contribution in [0.4, 0.5) is 11.4 Å². The number of nitrogens with zero attached hydrogens (tertiary/aromatic N) is 2. The summed E-state index contributed by atoms with van der Waals surface area (Å²) < 4.78 is 0. The number of pyridine rings is 1. The number of hydrogen-bond acceptors (Lipinski definition) is 4. The SMILES string of the molecule is Cc1ccc2[nH]c(=O)c(CNc3ccc(N4CCN5CCC[C@H]5C4)cc3)cc2c1. The Bertz CT molecular complexity index is 1070. The maximum Gasteiger partial charge on any atom is 0.253 e. The Morgan fingerprint density at radius 1 is 1.07 bits per heavy atom. The summed E-state index contributed by atoms with van der Waals surface area (Å²) in [6.07, 6.45) is 2.67. The zero-order chi connectivity index (χ0) is 19.8. The number of nitrogens with one attached hydrogen (secondary N) is 2. The van der Waals surface area contributed by atoms with E-state index in [2.05, 4.69) is 57.4 Å². The van der Waals surface area contributed by atoms with Crippen LogP contribution in [0.3, 0.4) is 0 Å². The highest BCUT2D eigenvalue weighted by Crippen LogP contribution is 2.26. The lowest BCUT2D eigenvalue weighted by Gasteiger charge is -2.38. The monoisotopic (exact) mass is 388 g/mol. The molecule has 5 heteroatoms. The van der Waals surface area contributed by atoms with E-state index in [1.165, 1.54) is 37.2 Å². The number of benzene rings is 2. The van der Waals surface area contributed by atoms with Gasteiger partial charge in [-0.1, -0.05) is 11.6 Å². The summed E-state index contributed by atoms with van der Waals surface area (Å²) in [7, 11) is 0. The molecule has 2 aliphatic heterocycles. The van der Waals surface area contributed by atoms with Crippen molar-refractivity contribution in [2.75, 3.05) is 36.4 Å². The minimum Gasteiger partial charge on any atom is -0.381 e. The smallest absolute Gasteiger partial charge is 0.253 e. The second kappa shape index (κ2) is 7.56. The summed E-state index contributed by atoms with van der Waals surface area (Å²) in [5, 5.41) is 4.47. The summed E-state index contributed by atoms with van der Waals surface area (Å²) in [6.45, 7) is 7.27. The van der Waals surface area contributed by atoms with E-state index in [4.69, 9.17) is 0 Å². The van der Waals surface area contributed by atoms with Crippen LogP contribution in [0.2, 0.25) is 0 Å². The predicted molar refractivity (Wildman–Crippen MR) is 120 cm³/mol. The Morgan fingerprint density at radius 2 is 1.93 bits per heavy atom. The molecule has 150 valence electrons. The van der Waals surface area contributed by atoms with Crippen molar-refractivity contribution < 1.29 is 0 Å². The molecule has 1 aromatic heterocycles. The first-order valence-electron chi connectivity index (χ1n) is 10.6. The fourth-order valence-electron chi connectivity index (χ4n) is 4.72. The van der Waals surface area contributed by atoms with Gasteiger partial charge in [0.05, 0.1) is 0 Å². The van der Waals surface area contributed by atoms with Crippen LogP contribution >= 0.6 is 0 Å². The molecule has 2 fully saturated rings. The molecule has 2 aliphatic rings. The number of anilines is 2. The lowest BCUT2D eigenvalue weighted by molar-refractivity contribution is 0.231. The lowest BCUT2D eigenvalue weighted by atomic mass is 10.1. The zero-order valence-electron chi connectivity index (χ0n) is 16.9. The van der Waals surface area contributed by atoms with Gasteiger partial charge in [0.2, 0.25) is 0 Å². The van der Waals surface area contributed by atoms with Gasteiger partial charge in [-0.15, -0.1) is 0 Å². The molecule has 0 unspecified atom stereocenters. The molecule has 0 radical (unpaired) electrons. The fraction of sp³-hybridized carbons (Fsp3) is 0.375. The maximum absolute atomic E-state index is 12.4. The lowest BCUT2D eigenvalue weighted by Crippen LogP contribution is -2.50. The Kier molecular flexibility index (Phi) is 4.76. The van der Waals surface area contributed by atoms with Gasteiger partial charge in [-0.05, 0) is 74.2 Å². The predicted octanol–water partition coefficient (Wildman–Crippen LogP) is 3.73. The van der Waals surface area contributed by atoms with Crippen LogP contribution in [0.5, 0.6) is 0 Å². The molecule has 1 atom stereocenters. The van der Waals surface area contributed by atoms with E-state index in [0.717, 1.165) is 41.3 Å². The van der Waals surface area contributed by atoms with Gasteiger partial charge in [-0.3, -0.25) is 9.69 Å². The Morgan fingerprint density at radius 3 is 2.79 bits per heavy atom. The van der Waals surface area contributed by atoms with E-state index < -0.39 is 0 Å². The minimum atomic E-state index is -0.0279. The molecule has 0 aliphatic carbocycles. The Hall–Kier alpha value is -2.79. The largest absolute Gasteiger partial charge is 0.381 e. The number of H-pyrrole nitrogens is 1. The van der Waals surface area contributed by atoms with E-state index in [9.17, 15) is 4.79 Å². The van der Waals surface area contributed by atoms with Crippen LogP contribution in [0.1, 0.15) is 24.0 Å². The number of fused-ring (bicyclic) bond motifs is 2. The number of piperazine rings is 1. The first-order chi connectivity index (χ1) is 14.2. The molecule has 0 bridgehead atoms. The van der Waals surface area contributed by atoms with Crippen molar-refractivity contribution in [3.05, 3.63) is 70.0 Å². The van der Waals surface area contributed by atoms with Crippen molar-refractivity contribution in [3.8, 4) is 0 Å². The molecule has 0 spiro atoms. The van der Waals surface area contributed by atoms with Crippen molar-refractivity contribution in [1.82, 2.24) is 9.88 Å². The van der Waals surface area contributed by atoms with Crippen LogP contribution in [-0.4, -0.2) is 42.1 Å². The van der Waals surface area contributed by atoms with Crippen molar-refractivity contribution in [3.63, 3.8) is 0 Å². The van der Waals surface area contributed by atoms with Gasteiger partial charge in [-0.25, -0.2) is 0 Å². The summed E-state index contributed by atoms with van der Waals surface area (Å²) in [5.41, 5.74) is 5.14. The molecule has 5 rings (SSSR count). The number of aromatic amines is 1.